The molecule has 0 atom stereocenters. The monoisotopic (exact) mass is 419 g/mol. The molecule has 0 fully saturated rings. The van der Waals surface area contributed by atoms with Crippen molar-refractivity contribution >= 4 is 49.1 Å². The van der Waals surface area contributed by atoms with Crippen LogP contribution >= 0.6 is 11.3 Å². The minimum Gasteiger partial charge on any atom is -0.465 e. The number of ether oxygens (including phenoxy) is 2. The van der Waals surface area contributed by atoms with Crippen molar-refractivity contribution in [3.63, 3.8) is 0 Å². The number of esters is 2. The van der Waals surface area contributed by atoms with Gasteiger partial charge in [-0.1, -0.05) is 24.3 Å². The lowest BCUT2D eigenvalue weighted by molar-refractivity contribution is 0.0525. The molecule has 0 radical (unpaired) electrons. The molecule has 9 heteroatoms. The quantitative estimate of drug-likeness (QED) is 0.612. The van der Waals surface area contributed by atoms with E-state index in [1.165, 1.54) is 31.4 Å². The SMILES string of the molecule is CCOC(=O)c1cccc(NS(=O)(=O)c2c(C(=O)OC)sc3ccccc23)c1. The Morgan fingerprint density at radius 1 is 1.07 bits per heavy atom. The van der Waals surface area contributed by atoms with Gasteiger partial charge in [-0.3, -0.25) is 4.72 Å². The van der Waals surface area contributed by atoms with Crippen LogP contribution in [0.4, 0.5) is 5.69 Å². The number of carbonyl (C=O) groups excluding carboxylic acids is 2. The van der Waals surface area contributed by atoms with Crippen molar-refractivity contribution in [2.24, 2.45) is 0 Å². The summed E-state index contributed by atoms with van der Waals surface area (Å²) in [6.45, 7) is 1.89. The van der Waals surface area contributed by atoms with Crippen LogP contribution in [0.25, 0.3) is 10.1 Å². The Kier molecular flexibility index (Phi) is 5.66. The van der Waals surface area contributed by atoms with Gasteiger partial charge in [0, 0.05) is 15.8 Å². The van der Waals surface area contributed by atoms with Crippen LogP contribution in [0.2, 0.25) is 0 Å². The van der Waals surface area contributed by atoms with Gasteiger partial charge in [-0.2, -0.15) is 0 Å². The Labute approximate surface area is 165 Å². The zero-order valence-electron chi connectivity index (χ0n) is 15.1. The van der Waals surface area contributed by atoms with Crippen LogP contribution < -0.4 is 4.72 Å². The van der Waals surface area contributed by atoms with Gasteiger partial charge in [-0.25, -0.2) is 18.0 Å². The Balaban J connectivity index is 2.06. The van der Waals surface area contributed by atoms with E-state index in [9.17, 15) is 18.0 Å². The van der Waals surface area contributed by atoms with Crippen molar-refractivity contribution in [3.05, 3.63) is 59.0 Å². The highest BCUT2D eigenvalue weighted by Gasteiger charge is 2.29. The fraction of sp³-hybridized carbons (Fsp3) is 0.158. The Bertz CT molecular complexity index is 1150. The molecule has 0 bridgehead atoms. The Morgan fingerprint density at radius 2 is 1.82 bits per heavy atom. The van der Waals surface area contributed by atoms with Crippen molar-refractivity contribution in [3.8, 4) is 0 Å². The molecule has 28 heavy (non-hydrogen) atoms. The number of sulfonamides is 1. The van der Waals surface area contributed by atoms with Crippen molar-refractivity contribution < 1.29 is 27.5 Å². The van der Waals surface area contributed by atoms with Gasteiger partial charge in [-0.15, -0.1) is 11.3 Å². The van der Waals surface area contributed by atoms with E-state index in [0.29, 0.717) is 10.1 Å². The smallest absolute Gasteiger partial charge is 0.349 e. The summed E-state index contributed by atoms with van der Waals surface area (Å²) in [6.07, 6.45) is 0. The van der Waals surface area contributed by atoms with Gasteiger partial charge in [0.15, 0.2) is 0 Å². The van der Waals surface area contributed by atoms with E-state index in [-0.39, 0.29) is 27.6 Å². The molecule has 0 saturated carbocycles. The molecule has 0 saturated heterocycles. The van der Waals surface area contributed by atoms with Crippen LogP contribution in [0.3, 0.4) is 0 Å². The number of anilines is 1. The zero-order valence-corrected chi connectivity index (χ0v) is 16.7. The third-order valence-corrected chi connectivity index (χ3v) is 6.56. The first-order valence-electron chi connectivity index (χ1n) is 8.27. The highest BCUT2D eigenvalue weighted by molar-refractivity contribution is 7.93. The molecule has 1 heterocycles. The van der Waals surface area contributed by atoms with Gasteiger partial charge in [0.05, 0.1) is 19.3 Å². The van der Waals surface area contributed by atoms with Crippen molar-refractivity contribution in [1.82, 2.24) is 0 Å². The number of carbonyl (C=O) groups is 2. The van der Waals surface area contributed by atoms with Crippen molar-refractivity contribution in [2.45, 2.75) is 11.8 Å². The second kappa shape index (κ2) is 7.99. The van der Waals surface area contributed by atoms with Crippen LogP contribution in [0.15, 0.2) is 53.4 Å². The molecule has 0 unspecified atom stereocenters. The second-order valence-electron chi connectivity index (χ2n) is 5.65. The number of methoxy groups -OCH3 is 1. The number of hydrogen-bond donors (Lipinski definition) is 1. The maximum Gasteiger partial charge on any atom is 0.349 e. The zero-order chi connectivity index (χ0) is 20.3. The van der Waals surface area contributed by atoms with E-state index in [4.69, 9.17) is 9.47 Å². The topological polar surface area (TPSA) is 98.8 Å². The standard InChI is InChI=1S/C19H17NO6S2/c1-3-26-18(21)12-7-6-8-13(11-12)20-28(23,24)17-14-9-4-5-10-15(14)27-16(17)19(22)25-2/h4-11,20H,3H2,1-2H3. The molecule has 1 N–H and O–H groups in total. The largest absolute Gasteiger partial charge is 0.465 e. The molecule has 146 valence electrons. The number of thiophene rings is 1. The molecule has 0 spiro atoms. The fourth-order valence-electron chi connectivity index (χ4n) is 2.65. The predicted octanol–water partition coefficient (Wildman–Crippen LogP) is 3.67. The number of benzene rings is 2. The number of rotatable bonds is 6. The molecular weight excluding hydrogens is 402 g/mol. The van der Waals surface area contributed by atoms with Gasteiger partial charge < -0.3 is 9.47 Å². The van der Waals surface area contributed by atoms with E-state index in [2.05, 4.69) is 4.72 Å². The minimum absolute atomic E-state index is 0.0160. The van der Waals surface area contributed by atoms with E-state index < -0.39 is 22.0 Å². The van der Waals surface area contributed by atoms with Gasteiger partial charge >= 0.3 is 11.9 Å². The lowest BCUT2D eigenvalue weighted by Gasteiger charge is -2.10. The molecule has 3 rings (SSSR count). The molecule has 0 aliphatic rings. The maximum absolute atomic E-state index is 13.1. The first-order valence-corrected chi connectivity index (χ1v) is 10.6. The van der Waals surface area contributed by atoms with E-state index >= 15 is 0 Å². The Morgan fingerprint density at radius 3 is 2.54 bits per heavy atom. The van der Waals surface area contributed by atoms with E-state index in [0.717, 1.165) is 11.3 Å². The summed E-state index contributed by atoms with van der Waals surface area (Å²) in [5.41, 5.74) is 0.391. The predicted molar refractivity (Wildman–Crippen MR) is 106 cm³/mol. The minimum atomic E-state index is -4.13. The Hall–Kier alpha value is -2.91. The van der Waals surface area contributed by atoms with Crippen LogP contribution in [0.5, 0.6) is 0 Å². The third-order valence-electron chi connectivity index (χ3n) is 3.82. The van der Waals surface area contributed by atoms with Gasteiger partial charge in [-0.05, 0) is 31.2 Å². The van der Waals surface area contributed by atoms with Crippen LogP contribution in [0, 0.1) is 0 Å². The first-order chi connectivity index (χ1) is 13.4. The normalized spacial score (nSPS) is 11.2. The van der Waals surface area contributed by atoms with Crippen LogP contribution in [0.1, 0.15) is 27.0 Å². The molecule has 3 aromatic rings. The second-order valence-corrected chi connectivity index (χ2v) is 8.33. The van der Waals surface area contributed by atoms with Crippen LogP contribution in [-0.2, 0) is 19.5 Å². The summed E-state index contributed by atoms with van der Waals surface area (Å²) in [7, 11) is -2.94. The lowest BCUT2D eigenvalue weighted by atomic mass is 10.2. The molecule has 0 amide bonds. The van der Waals surface area contributed by atoms with Crippen molar-refractivity contribution in [2.75, 3.05) is 18.4 Å². The molecule has 0 aliphatic carbocycles. The highest BCUT2D eigenvalue weighted by Crippen LogP contribution is 2.36. The molecule has 1 aromatic heterocycles. The van der Waals surface area contributed by atoms with E-state index in [1.54, 1.807) is 31.2 Å². The summed E-state index contributed by atoms with van der Waals surface area (Å²) in [6, 6.07) is 12.7. The first kappa shape index (κ1) is 19.8. The highest BCUT2D eigenvalue weighted by atomic mass is 32.2. The fourth-order valence-corrected chi connectivity index (χ4v) is 5.51. The molecule has 7 nitrogen and oxygen atoms in total. The molecule has 2 aromatic carbocycles. The maximum atomic E-state index is 13.1. The number of fused-ring (bicyclic) bond motifs is 1. The molecular formula is C19H17NO6S2. The average Bonchev–Trinajstić information content (AvgIpc) is 3.08. The third kappa shape index (κ3) is 3.85. The molecule has 0 aliphatic heterocycles. The summed E-state index contributed by atoms with van der Waals surface area (Å²) >= 11 is 1.04. The van der Waals surface area contributed by atoms with Gasteiger partial charge in [0.1, 0.15) is 9.77 Å². The summed E-state index contributed by atoms with van der Waals surface area (Å²) < 4.78 is 38.9. The van der Waals surface area contributed by atoms with Gasteiger partial charge in [0.25, 0.3) is 10.0 Å². The average molecular weight is 419 g/mol. The number of nitrogens with one attached hydrogen (secondary N) is 1. The summed E-state index contributed by atoms with van der Waals surface area (Å²) in [4.78, 5) is 23.9. The van der Waals surface area contributed by atoms with Gasteiger partial charge in [0.2, 0.25) is 0 Å². The summed E-state index contributed by atoms with van der Waals surface area (Å²) in [5, 5.41) is 0.418. The van der Waals surface area contributed by atoms with Crippen molar-refractivity contribution in [1.29, 1.82) is 0 Å². The summed E-state index contributed by atoms with van der Waals surface area (Å²) in [5.74, 6) is -1.29. The lowest BCUT2D eigenvalue weighted by Crippen LogP contribution is -2.16. The van der Waals surface area contributed by atoms with E-state index in [1.807, 2.05) is 0 Å². The van der Waals surface area contributed by atoms with Crippen LogP contribution in [-0.4, -0.2) is 34.1 Å². The number of hydrogen-bond acceptors (Lipinski definition) is 7.